The third kappa shape index (κ3) is 2.06. The van der Waals surface area contributed by atoms with Crippen molar-refractivity contribution >= 4 is 11.6 Å². The smallest absolute Gasteiger partial charge is 0.231 e. The first-order chi connectivity index (χ1) is 8.38. The van der Waals surface area contributed by atoms with Gasteiger partial charge in [0.05, 0.1) is 11.6 Å². The summed E-state index contributed by atoms with van der Waals surface area (Å²) in [7, 11) is 0. The quantitative estimate of drug-likeness (QED) is 0.914. The van der Waals surface area contributed by atoms with Gasteiger partial charge in [0.25, 0.3) is 0 Å². The van der Waals surface area contributed by atoms with E-state index in [1.54, 1.807) is 0 Å². The van der Waals surface area contributed by atoms with Crippen molar-refractivity contribution < 1.29 is 14.6 Å². The molecular formula is C14H19ClO3. The molecule has 0 radical (unpaired) electrons. The Labute approximate surface area is 113 Å². The highest BCUT2D eigenvalue weighted by Crippen LogP contribution is 2.48. The molecule has 1 aliphatic heterocycles. The van der Waals surface area contributed by atoms with Crippen molar-refractivity contribution in [1.29, 1.82) is 0 Å². The maximum absolute atomic E-state index is 9.58. The van der Waals surface area contributed by atoms with Gasteiger partial charge < -0.3 is 14.6 Å². The van der Waals surface area contributed by atoms with E-state index in [-0.39, 0.29) is 24.7 Å². The number of ether oxygens (including phenoxy) is 2. The van der Waals surface area contributed by atoms with Gasteiger partial charge >= 0.3 is 0 Å². The fourth-order valence-electron chi connectivity index (χ4n) is 2.27. The second-order valence-corrected chi connectivity index (χ2v) is 5.99. The maximum atomic E-state index is 9.58. The first kappa shape index (κ1) is 13.5. The SMILES string of the molecule is CC(C)c1c(C(C)(C)CO)cc(Cl)c2c1OCO2. The lowest BCUT2D eigenvalue weighted by molar-refractivity contribution is 0.172. The molecule has 0 saturated heterocycles. The maximum Gasteiger partial charge on any atom is 0.231 e. The van der Waals surface area contributed by atoms with Gasteiger partial charge in [-0.2, -0.15) is 0 Å². The van der Waals surface area contributed by atoms with Crippen molar-refractivity contribution in [2.24, 2.45) is 0 Å². The van der Waals surface area contributed by atoms with E-state index >= 15 is 0 Å². The van der Waals surface area contributed by atoms with Crippen LogP contribution in [0.3, 0.4) is 0 Å². The molecular weight excluding hydrogens is 252 g/mol. The minimum absolute atomic E-state index is 0.0582. The summed E-state index contributed by atoms with van der Waals surface area (Å²) in [5.41, 5.74) is 1.74. The fraction of sp³-hybridized carbons (Fsp3) is 0.571. The molecule has 1 aromatic rings. The molecule has 0 aliphatic carbocycles. The van der Waals surface area contributed by atoms with Crippen molar-refractivity contribution in [1.82, 2.24) is 0 Å². The Morgan fingerprint density at radius 2 is 1.94 bits per heavy atom. The van der Waals surface area contributed by atoms with Gasteiger partial charge in [0, 0.05) is 11.0 Å². The monoisotopic (exact) mass is 270 g/mol. The summed E-state index contributed by atoms with van der Waals surface area (Å²) in [6, 6.07) is 1.89. The van der Waals surface area contributed by atoms with Gasteiger partial charge in [-0.05, 0) is 17.5 Å². The molecule has 3 nitrogen and oxygen atoms in total. The van der Waals surface area contributed by atoms with Crippen LogP contribution in [0.15, 0.2) is 6.07 Å². The summed E-state index contributed by atoms with van der Waals surface area (Å²) in [5, 5.41) is 10.1. The average molecular weight is 271 g/mol. The number of halogens is 1. The predicted molar refractivity (Wildman–Crippen MR) is 71.8 cm³/mol. The summed E-state index contributed by atoms with van der Waals surface area (Å²) in [6.45, 7) is 8.45. The topological polar surface area (TPSA) is 38.7 Å². The number of hydrogen-bond acceptors (Lipinski definition) is 3. The fourth-order valence-corrected chi connectivity index (χ4v) is 2.52. The number of benzene rings is 1. The Bertz CT molecular complexity index is 467. The molecule has 0 aromatic heterocycles. The van der Waals surface area contributed by atoms with Gasteiger partial charge in [-0.1, -0.05) is 39.3 Å². The molecule has 18 heavy (non-hydrogen) atoms. The van der Waals surface area contributed by atoms with Crippen molar-refractivity contribution in [2.45, 2.75) is 39.0 Å². The van der Waals surface area contributed by atoms with Gasteiger partial charge in [-0.25, -0.2) is 0 Å². The molecule has 4 heteroatoms. The highest BCUT2D eigenvalue weighted by Gasteiger charge is 2.32. The van der Waals surface area contributed by atoms with Crippen LogP contribution in [0.4, 0.5) is 0 Å². The van der Waals surface area contributed by atoms with Gasteiger partial charge in [0.1, 0.15) is 0 Å². The molecule has 0 bridgehead atoms. The van der Waals surface area contributed by atoms with Crippen LogP contribution >= 0.6 is 11.6 Å². The van der Waals surface area contributed by atoms with E-state index < -0.39 is 0 Å². The third-order valence-corrected chi connectivity index (χ3v) is 3.62. The molecule has 1 aromatic carbocycles. The summed E-state index contributed by atoms with van der Waals surface area (Å²) >= 11 is 6.23. The molecule has 1 N–H and O–H groups in total. The van der Waals surface area contributed by atoms with Crippen LogP contribution in [-0.2, 0) is 5.41 Å². The van der Waals surface area contributed by atoms with E-state index in [1.165, 1.54) is 0 Å². The Morgan fingerprint density at radius 1 is 1.33 bits per heavy atom. The number of fused-ring (bicyclic) bond motifs is 1. The molecule has 1 heterocycles. The van der Waals surface area contributed by atoms with E-state index in [0.717, 1.165) is 16.9 Å². The summed E-state index contributed by atoms with van der Waals surface area (Å²) < 4.78 is 11.0. The van der Waals surface area contributed by atoms with Gasteiger partial charge in [0.15, 0.2) is 11.5 Å². The minimum Gasteiger partial charge on any atom is -0.453 e. The second-order valence-electron chi connectivity index (χ2n) is 5.58. The van der Waals surface area contributed by atoms with Crippen molar-refractivity contribution in [3.63, 3.8) is 0 Å². The molecule has 0 spiro atoms. The standard InChI is InChI=1S/C14H19ClO3/c1-8(2)11-9(14(3,4)6-16)5-10(15)12-13(11)18-7-17-12/h5,8,16H,6-7H2,1-4H3. The summed E-state index contributed by atoms with van der Waals surface area (Å²) in [6.07, 6.45) is 0. The lowest BCUT2D eigenvalue weighted by Gasteiger charge is -2.28. The van der Waals surface area contributed by atoms with Gasteiger partial charge in [-0.15, -0.1) is 0 Å². The van der Waals surface area contributed by atoms with Crippen LogP contribution in [0.1, 0.15) is 44.7 Å². The van der Waals surface area contributed by atoms with Crippen molar-refractivity contribution in [3.8, 4) is 11.5 Å². The zero-order chi connectivity index (χ0) is 13.5. The summed E-state index contributed by atoms with van der Waals surface area (Å²) in [4.78, 5) is 0. The van der Waals surface area contributed by atoms with E-state index in [2.05, 4.69) is 13.8 Å². The van der Waals surface area contributed by atoms with Crippen molar-refractivity contribution in [3.05, 3.63) is 22.2 Å². The molecule has 0 atom stereocenters. The molecule has 1 aliphatic rings. The van der Waals surface area contributed by atoms with Gasteiger partial charge in [0.2, 0.25) is 6.79 Å². The Hall–Kier alpha value is -0.930. The number of hydrogen-bond donors (Lipinski definition) is 1. The Balaban J connectivity index is 2.70. The lowest BCUT2D eigenvalue weighted by atomic mass is 9.79. The first-order valence-corrected chi connectivity index (χ1v) is 6.49. The average Bonchev–Trinajstić information content (AvgIpc) is 2.77. The van der Waals surface area contributed by atoms with E-state index in [9.17, 15) is 5.11 Å². The van der Waals surface area contributed by atoms with E-state index in [4.69, 9.17) is 21.1 Å². The van der Waals surface area contributed by atoms with Crippen LogP contribution in [-0.4, -0.2) is 18.5 Å². The largest absolute Gasteiger partial charge is 0.453 e. The lowest BCUT2D eigenvalue weighted by Crippen LogP contribution is -2.24. The minimum atomic E-state index is -0.357. The zero-order valence-electron chi connectivity index (χ0n) is 11.2. The number of rotatable bonds is 3. The second kappa shape index (κ2) is 4.63. The van der Waals surface area contributed by atoms with E-state index in [0.29, 0.717) is 10.8 Å². The van der Waals surface area contributed by atoms with E-state index in [1.807, 2.05) is 19.9 Å². The van der Waals surface area contributed by atoms with Gasteiger partial charge in [-0.3, -0.25) is 0 Å². The van der Waals surface area contributed by atoms with Crippen molar-refractivity contribution in [2.75, 3.05) is 13.4 Å². The summed E-state index contributed by atoms with van der Waals surface area (Å²) in [5.74, 6) is 1.63. The van der Waals surface area contributed by atoms with Crippen LogP contribution in [0.5, 0.6) is 11.5 Å². The predicted octanol–water partition coefficient (Wildman–Crippen LogP) is 3.46. The van der Waals surface area contributed by atoms with Crippen LogP contribution < -0.4 is 9.47 Å². The normalized spacial score (nSPS) is 14.4. The highest BCUT2D eigenvalue weighted by atomic mass is 35.5. The highest BCUT2D eigenvalue weighted by molar-refractivity contribution is 6.32. The van der Waals surface area contributed by atoms with Crippen LogP contribution in [0.2, 0.25) is 5.02 Å². The molecule has 2 rings (SSSR count). The zero-order valence-corrected chi connectivity index (χ0v) is 12.0. The molecule has 0 fully saturated rings. The molecule has 0 amide bonds. The van der Waals surface area contributed by atoms with Crippen LogP contribution in [0.25, 0.3) is 0 Å². The number of aliphatic hydroxyl groups is 1. The molecule has 100 valence electrons. The number of aliphatic hydroxyl groups excluding tert-OH is 1. The molecule has 0 unspecified atom stereocenters. The molecule has 0 saturated carbocycles. The Morgan fingerprint density at radius 3 is 2.50 bits per heavy atom. The van der Waals surface area contributed by atoms with Crippen LogP contribution in [0, 0.1) is 0 Å². The third-order valence-electron chi connectivity index (χ3n) is 3.34. The Kier molecular flexibility index (Phi) is 3.47. The first-order valence-electron chi connectivity index (χ1n) is 6.12.